The van der Waals surface area contributed by atoms with E-state index in [1.165, 1.54) is 0 Å². The zero-order valence-corrected chi connectivity index (χ0v) is 14.0. The fourth-order valence-corrected chi connectivity index (χ4v) is 1.83. The Morgan fingerprint density at radius 3 is 1.96 bits per heavy atom. The van der Waals surface area contributed by atoms with Gasteiger partial charge in [0.1, 0.15) is 17.7 Å². The summed E-state index contributed by atoms with van der Waals surface area (Å²) in [5.41, 5.74) is -2.46. The van der Waals surface area contributed by atoms with Gasteiger partial charge in [0.25, 0.3) is 0 Å². The zero-order valence-electron chi connectivity index (χ0n) is 14.0. The zero-order chi connectivity index (χ0) is 18.8. The molecule has 9 heteroatoms. The van der Waals surface area contributed by atoms with E-state index in [1.54, 1.807) is 20.8 Å². The van der Waals surface area contributed by atoms with Crippen LogP contribution in [0.1, 0.15) is 46.5 Å². The molecule has 0 aliphatic rings. The van der Waals surface area contributed by atoms with Crippen molar-refractivity contribution in [2.24, 2.45) is 0 Å². The molecule has 0 rings (SSSR count). The number of nitriles is 2. The summed E-state index contributed by atoms with van der Waals surface area (Å²) in [6.45, 7) is 4.49. The van der Waals surface area contributed by atoms with E-state index in [-0.39, 0.29) is 25.7 Å². The van der Waals surface area contributed by atoms with Gasteiger partial charge in [0, 0.05) is 12.8 Å². The molecule has 0 aromatic carbocycles. The molecular formula is C15H22N4O5. The number of alkyl carbamates (subject to hydrolysis) is 1. The number of hydrogen-bond donors (Lipinski definition) is 3. The number of ether oxygens (including phenoxy) is 1. The summed E-state index contributed by atoms with van der Waals surface area (Å²) in [6, 6.07) is 3.63. The number of hydrogen-bond acceptors (Lipinski definition) is 6. The van der Waals surface area contributed by atoms with Crippen LogP contribution in [-0.4, -0.2) is 40.8 Å². The minimum Gasteiger partial charge on any atom is -0.480 e. The summed E-state index contributed by atoms with van der Waals surface area (Å²) in [6.07, 6.45) is -1.29. The van der Waals surface area contributed by atoms with Gasteiger partial charge in [-0.2, -0.15) is 10.5 Å². The van der Waals surface area contributed by atoms with Gasteiger partial charge < -0.3 is 20.5 Å². The highest BCUT2D eigenvalue weighted by Gasteiger charge is 2.39. The second-order valence-corrected chi connectivity index (χ2v) is 6.11. The van der Waals surface area contributed by atoms with Crippen LogP contribution in [0, 0.1) is 22.7 Å². The molecule has 0 atom stereocenters. The van der Waals surface area contributed by atoms with E-state index >= 15 is 0 Å². The average molecular weight is 338 g/mol. The molecule has 0 aliphatic heterocycles. The largest absolute Gasteiger partial charge is 0.480 e. The molecule has 0 heterocycles. The number of aliphatic carboxylic acids is 1. The maximum Gasteiger partial charge on any atom is 0.408 e. The molecule has 0 saturated heterocycles. The van der Waals surface area contributed by atoms with Crippen molar-refractivity contribution >= 4 is 18.0 Å². The van der Waals surface area contributed by atoms with Gasteiger partial charge in [-0.05, 0) is 33.6 Å². The van der Waals surface area contributed by atoms with Crippen LogP contribution in [0.5, 0.6) is 0 Å². The predicted molar refractivity (Wildman–Crippen MR) is 82.4 cm³/mol. The van der Waals surface area contributed by atoms with E-state index in [2.05, 4.69) is 10.6 Å². The molecule has 0 spiro atoms. The standard InChI is InChI=1S/C15H22N4O5/c1-14(2,3)24-13(23)18-10-11(20)19-15(12(21)22,6-4-8-16)7-5-9-17/h4-7,10H2,1-3H3,(H,18,23)(H,19,20)(H,21,22). The Balaban J connectivity index is 4.86. The highest BCUT2D eigenvalue weighted by atomic mass is 16.6. The van der Waals surface area contributed by atoms with Gasteiger partial charge in [0.05, 0.1) is 12.1 Å². The Kier molecular flexibility index (Phi) is 8.26. The lowest BCUT2D eigenvalue weighted by Gasteiger charge is -2.29. The maximum atomic E-state index is 11.9. The molecule has 9 nitrogen and oxygen atoms in total. The fraction of sp³-hybridized carbons (Fsp3) is 0.667. The minimum absolute atomic E-state index is 0.0997. The number of carboxylic acids is 1. The molecule has 0 radical (unpaired) electrons. The minimum atomic E-state index is -1.72. The topological polar surface area (TPSA) is 152 Å². The second-order valence-electron chi connectivity index (χ2n) is 6.11. The Morgan fingerprint density at radius 1 is 1.08 bits per heavy atom. The molecule has 0 saturated carbocycles. The second kappa shape index (κ2) is 9.36. The Hall–Kier alpha value is -2.81. The van der Waals surface area contributed by atoms with Crippen molar-refractivity contribution in [3.05, 3.63) is 0 Å². The Morgan fingerprint density at radius 2 is 1.58 bits per heavy atom. The molecule has 24 heavy (non-hydrogen) atoms. The first-order valence-electron chi connectivity index (χ1n) is 7.31. The molecule has 0 bridgehead atoms. The predicted octanol–water partition coefficient (Wildman–Crippen LogP) is 1.06. The van der Waals surface area contributed by atoms with E-state index in [4.69, 9.17) is 15.3 Å². The number of rotatable bonds is 8. The van der Waals surface area contributed by atoms with Crippen molar-refractivity contribution < 1.29 is 24.2 Å². The molecule has 132 valence electrons. The van der Waals surface area contributed by atoms with Crippen molar-refractivity contribution in [3.8, 4) is 12.1 Å². The van der Waals surface area contributed by atoms with Crippen LogP contribution in [0.4, 0.5) is 4.79 Å². The smallest absolute Gasteiger partial charge is 0.408 e. The lowest BCUT2D eigenvalue weighted by molar-refractivity contribution is -0.148. The summed E-state index contributed by atoms with van der Waals surface area (Å²) in [5.74, 6) is -2.09. The molecule has 3 N–H and O–H groups in total. The summed E-state index contributed by atoms with van der Waals surface area (Å²) >= 11 is 0. The van der Waals surface area contributed by atoms with Gasteiger partial charge in [-0.3, -0.25) is 4.79 Å². The fourth-order valence-electron chi connectivity index (χ4n) is 1.83. The van der Waals surface area contributed by atoms with Crippen LogP contribution >= 0.6 is 0 Å². The SMILES string of the molecule is CC(C)(C)OC(=O)NCC(=O)NC(CCC#N)(CCC#N)C(=O)O. The molecule has 0 aromatic heterocycles. The first kappa shape index (κ1) is 21.2. The Labute approximate surface area is 140 Å². The van der Waals surface area contributed by atoms with E-state index in [9.17, 15) is 19.5 Å². The van der Waals surface area contributed by atoms with Gasteiger partial charge in [-0.1, -0.05) is 0 Å². The number of amides is 2. The molecule has 2 amide bonds. The molecular weight excluding hydrogens is 316 g/mol. The lowest BCUT2D eigenvalue weighted by Crippen LogP contribution is -2.56. The molecule has 0 unspecified atom stereocenters. The lowest BCUT2D eigenvalue weighted by atomic mass is 9.88. The van der Waals surface area contributed by atoms with Crippen LogP contribution < -0.4 is 10.6 Å². The highest BCUT2D eigenvalue weighted by molar-refractivity contribution is 5.89. The van der Waals surface area contributed by atoms with E-state index < -0.39 is 35.7 Å². The number of carbonyl (C=O) groups is 3. The third kappa shape index (κ3) is 7.99. The molecule has 0 fully saturated rings. The van der Waals surface area contributed by atoms with E-state index in [0.29, 0.717) is 0 Å². The van der Waals surface area contributed by atoms with Crippen LogP contribution in [-0.2, 0) is 14.3 Å². The van der Waals surface area contributed by atoms with E-state index in [1.807, 2.05) is 12.1 Å². The maximum absolute atomic E-state index is 11.9. The number of carboxylic acid groups (broad SMARTS) is 1. The van der Waals surface area contributed by atoms with Gasteiger partial charge in [-0.25, -0.2) is 9.59 Å². The summed E-state index contributed by atoms with van der Waals surface area (Å²) in [4.78, 5) is 35.0. The number of carbonyl (C=O) groups excluding carboxylic acids is 2. The summed E-state index contributed by atoms with van der Waals surface area (Å²) < 4.78 is 4.96. The van der Waals surface area contributed by atoms with Crippen molar-refractivity contribution in [3.63, 3.8) is 0 Å². The van der Waals surface area contributed by atoms with Crippen molar-refractivity contribution in [1.29, 1.82) is 10.5 Å². The average Bonchev–Trinajstić information content (AvgIpc) is 2.46. The van der Waals surface area contributed by atoms with Crippen LogP contribution in [0.25, 0.3) is 0 Å². The first-order valence-corrected chi connectivity index (χ1v) is 7.31. The van der Waals surface area contributed by atoms with Gasteiger partial charge in [0.15, 0.2) is 0 Å². The number of nitrogens with one attached hydrogen (secondary N) is 2. The van der Waals surface area contributed by atoms with Crippen LogP contribution in [0.3, 0.4) is 0 Å². The van der Waals surface area contributed by atoms with Gasteiger partial charge in [0.2, 0.25) is 5.91 Å². The van der Waals surface area contributed by atoms with Crippen LogP contribution in [0.15, 0.2) is 0 Å². The third-order valence-electron chi connectivity index (χ3n) is 2.91. The van der Waals surface area contributed by atoms with Crippen molar-refractivity contribution in [2.45, 2.75) is 57.6 Å². The summed E-state index contributed by atoms with van der Waals surface area (Å²) in [7, 11) is 0. The molecule has 0 aromatic rings. The van der Waals surface area contributed by atoms with Crippen molar-refractivity contribution in [2.75, 3.05) is 6.54 Å². The highest BCUT2D eigenvalue weighted by Crippen LogP contribution is 2.20. The molecule has 0 aliphatic carbocycles. The van der Waals surface area contributed by atoms with E-state index in [0.717, 1.165) is 0 Å². The number of nitrogens with zero attached hydrogens (tertiary/aromatic N) is 2. The van der Waals surface area contributed by atoms with Gasteiger partial charge in [-0.15, -0.1) is 0 Å². The van der Waals surface area contributed by atoms with Crippen LogP contribution in [0.2, 0.25) is 0 Å². The van der Waals surface area contributed by atoms with Crippen molar-refractivity contribution in [1.82, 2.24) is 10.6 Å². The quantitative estimate of drug-likeness (QED) is 0.598. The Bertz CT molecular complexity index is 536. The third-order valence-corrected chi connectivity index (χ3v) is 2.91. The first-order chi connectivity index (χ1) is 11.1. The summed E-state index contributed by atoms with van der Waals surface area (Å²) in [5, 5.41) is 31.3. The monoisotopic (exact) mass is 338 g/mol. The van der Waals surface area contributed by atoms with Gasteiger partial charge >= 0.3 is 12.1 Å². The normalized spacial score (nSPS) is 10.9.